The van der Waals surface area contributed by atoms with Gasteiger partial charge in [-0.3, -0.25) is 0 Å². The van der Waals surface area contributed by atoms with E-state index in [1.165, 1.54) is 17.5 Å². The van der Waals surface area contributed by atoms with Crippen LogP contribution in [-0.4, -0.2) is 33.0 Å². The second kappa shape index (κ2) is 7.41. The Bertz CT molecular complexity index is 554. The molecule has 0 radical (unpaired) electrons. The van der Waals surface area contributed by atoms with Crippen LogP contribution in [0.3, 0.4) is 0 Å². The molecule has 0 fully saturated rings. The van der Waals surface area contributed by atoms with Gasteiger partial charge in [0.2, 0.25) is 0 Å². The maximum Gasteiger partial charge on any atom is 0.150 e. The highest BCUT2D eigenvalue weighted by atomic mass is 32.2. The summed E-state index contributed by atoms with van der Waals surface area (Å²) in [5.74, 6) is 1.20. The molecule has 0 amide bonds. The lowest BCUT2D eigenvalue weighted by Gasteiger charge is -2.31. The predicted octanol–water partition coefficient (Wildman–Crippen LogP) is 2.59. The average molecular weight is 309 g/mol. The zero-order chi connectivity index (χ0) is 15.3. The van der Waals surface area contributed by atoms with Gasteiger partial charge in [0, 0.05) is 11.8 Å². The van der Waals surface area contributed by atoms with Gasteiger partial charge in [-0.25, -0.2) is 8.42 Å². The predicted molar refractivity (Wildman–Crippen MR) is 88.4 cm³/mol. The monoisotopic (exact) mass is 309 g/mol. The Kier molecular flexibility index (Phi) is 5.82. The van der Waals surface area contributed by atoms with E-state index >= 15 is 0 Å². The molecular formula is C17H27NO2S. The van der Waals surface area contributed by atoms with Gasteiger partial charge < -0.3 is 5.32 Å². The number of fused-ring (bicyclic) bond motifs is 1. The van der Waals surface area contributed by atoms with Crippen LogP contribution in [0, 0.1) is 5.92 Å². The van der Waals surface area contributed by atoms with Gasteiger partial charge in [-0.1, -0.05) is 31.2 Å². The molecule has 2 rings (SSSR count). The van der Waals surface area contributed by atoms with Crippen LogP contribution in [0.15, 0.2) is 24.3 Å². The standard InChI is InChI=1S/C17H27NO2S/c1-3-21(19,20)12-6-9-17(18-2)16-11-10-14-7-4-5-8-15(14)13-16/h4-5,7-8,16-18H,3,6,9-13H2,1-2H3. The highest BCUT2D eigenvalue weighted by molar-refractivity contribution is 7.91. The lowest BCUT2D eigenvalue weighted by molar-refractivity contribution is 0.318. The number of hydrogen-bond donors (Lipinski definition) is 1. The maximum atomic E-state index is 11.6. The fourth-order valence-electron chi connectivity index (χ4n) is 3.35. The minimum atomic E-state index is -2.83. The van der Waals surface area contributed by atoms with Crippen molar-refractivity contribution in [3.63, 3.8) is 0 Å². The number of sulfone groups is 1. The van der Waals surface area contributed by atoms with Crippen molar-refractivity contribution in [1.29, 1.82) is 0 Å². The van der Waals surface area contributed by atoms with Gasteiger partial charge in [0.25, 0.3) is 0 Å². The van der Waals surface area contributed by atoms with Crippen LogP contribution in [0.4, 0.5) is 0 Å². The Morgan fingerprint density at radius 1 is 1.29 bits per heavy atom. The number of nitrogens with one attached hydrogen (secondary N) is 1. The molecule has 3 nitrogen and oxygen atoms in total. The largest absolute Gasteiger partial charge is 0.317 e. The normalized spacial score (nSPS) is 20.0. The minimum absolute atomic E-state index is 0.258. The van der Waals surface area contributed by atoms with Crippen molar-refractivity contribution in [2.75, 3.05) is 18.6 Å². The van der Waals surface area contributed by atoms with E-state index in [-0.39, 0.29) is 5.75 Å². The highest BCUT2D eigenvalue weighted by Gasteiger charge is 2.25. The van der Waals surface area contributed by atoms with Crippen LogP contribution in [0.1, 0.15) is 37.3 Å². The molecule has 4 heteroatoms. The van der Waals surface area contributed by atoms with E-state index < -0.39 is 9.84 Å². The van der Waals surface area contributed by atoms with Gasteiger partial charge in [-0.15, -0.1) is 0 Å². The zero-order valence-corrected chi connectivity index (χ0v) is 14.0. The summed E-state index contributed by atoms with van der Waals surface area (Å²) in [7, 11) is -0.831. The molecule has 0 saturated carbocycles. The van der Waals surface area contributed by atoms with Crippen LogP contribution < -0.4 is 5.32 Å². The first-order valence-electron chi connectivity index (χ1n) is 8.00. The number of aryl methyl sites for hydroxylation is 1. The van der Waals surface area contributed by atoms with Crippen LogP contribution in [0.5, 0.6) is 0 Å². The molecule has 1 aliphatic carbocycles. The quantitative estimate of drug-likeness (QED) is 0.842. The summed E-state index contributed by atoms with van der Waals surface area (Å²) >= 11 is 0. The fraction of sp³-hybridized carbons (Fsp3) is 0.647. The van der Waals surface area contributed by atoms with Crippen LogP contribution in [-0.2, 0) is 22.7 Å². The summed E-state index contributed by atoms with van der Waals surface area (Å²) in [5.41, 5.74) is 2.95. The van der Waals surface area contributed by atoms with Gasteiger partial charge >= 0.3 is 0 Å². The van der Waals surface area contributed by atoms with Gasteiger partial charge in [-0.2, -0.15) is 0 Å². The van der Waals surface area contributed by atoms with Gasteiger partial charge in [0.1, 0.15) is 9.84 Å². The van der Waals surface area contributed by atoms with Crippen molar-refractivity contribution >= 4 is 9.84 Å². The van der Waals surface area contributed by atoms with Gasteiger partial charge in [0.15, 0.2) is 0 Å². The van der Waals surface area contributed by atoms with Crippen LogP contribution in [0.2, 0.25) is 0 Å². The van der Waals surface area contributed by atoms with E-state index in [2.05, 4.69) is 29.6 Å². The fourth-order valence-corrected chi connectivity index (χ4v) is 4.25. The van der Waals surface area contributed by atoms with E-state index in [1.807, 2.05) is 7.05 Å². The second-order valence-electron chi connectivity index (χ2n) is 6.05. The summed E-state index contributed by atoms with van der Waals surface area (Å²) in [6, 6.07) is 9.11. The van der Waals surface area contributed by atoms with E-state index in [0.717, 1.165) is 25.7 Å². The molecule has 0 aromatic heterocycles. The second-order valence-corrected chi connectivity index (χ2v) is 8.52. The molecule has 0 spiro atoms. The molecule has 1 aromatic carbocycles. The summed E-state index contributed by atoms with van der Waals surface area (Å²) in [5, 5.41) is 3.41. The molecule has 0 bridgehead atoms. The van der Waals surface area contributed by atoms with Gasteiger partial charge in [0.05, 0.1) is 5.75 Å². The van der Waals surface area contributed by atoms with E-state index in [0.29, 0.717) is 17.7 Å². The van der Waals surface area contributed by atoms with Crippen molar-refractivity contribution in [3.05, 3.63) is 35.4 Å². The summed E-state index contributed by atoms with van der Waals surface area (Å²) in [6.45, 7) is 1.73. The topological polar surface area (TPSA) is 46.2 Å². The molecule has 0 saturated heterocycles. The molecule has 1 aromatic rings. The first-order chi connectivity index (χ1) is 10.1. The van der Waals surface area contributed by atoms with Crippen LogP contribution in [0.25, 0.3) is 0 Å². The molecule has 118 valence electrons. The van der Waals surface area contributed by atoms with E-state index in [1.54, 1.807) is 6.92 Å². The SMILES string of the molecule is CCS(=O)(=O)CCCC(NC)C1CCc2ccccc2C1. The molecule has 1 aliphatic rings. The van der Waals surface area contributed by atoms with Gasteiger partial charge in [-0.05, 0) is 56.2 Å². The number of rotatable bonds is 7. The molecular weight excluding hydrogens is 282 g/mol. The van der Waals surface area contributed by atoms with Crippen molar-refractivity contribution in [1.82, 2.24) is 5.32 Å². The summed E-state index contributed by atoms with van der Waals surface area (Å²) in [6.07, 6.45) is 5.17. The Morgan fingerprint density at radius 3 is 2.67 bits per heavy atom. The Balaban J connectivity index is 1.91. The number of hydrogen-bond acceptors (Lipinski definition) is 3. The smallest absolute Gasteiger partial charge is 0.150 e. The summed E-state index contributed by atoms with van der Waals surface area (Å²) in [4.78, 5) is 0. The third-order valence-electron chi connectivity index (χ3n) is 4.74. The molecule has 2 unspecified atom stereocenters. The van der Waals surface area contributed by atoms with Crippen molar-refractivity contribution in [3.8, 4) is 0 Å². The average Bonchev–Trinajstić information content (AvgIpc) is 2.51. The zero-order valence-electron chi connectivity index (χ0n) is 13.1. The van der Waals surface area contributed by atoms with E-state index in [9.17, 15) is 8.42 Å². The molecule has 21 heavy (non-hydrogen) atoms. The third kappa shape index (κ3) is 4.55. The third-order valence-corrected chi connectivity index (χ3v) is 6.53. The van der Waals surface area contributed by atoms with Crippen molar-refractivity contribution < 1.29 is 8.42 Å². The Morgan fingerprint density at radius 2 is 2.00 bits per heavy atom. The minimum Gasteiger partial charge on any atom is -0.317 e. The first kappa shape index (κ1) is 16.5. The summed E-state index contributed by atoms with van der Waals surface area (Å²) < 4.78 is 23.2. The van der Waals surface area contributed by atoms with Crippen molar-refractivity contribution in [2.45, 2.75) is 45.1 Å². The highest BCUT2D eigenvalue weighted by Crippen LogP contribution is 2.28. The van der Waals surface area contributed by atoms with Crippen LogP contribution >= 0.6 is 0 Å². The maximum absolute atomic E-state index is 11.6. The Hall–Kier alpha value is -0.870. The van der Waals surface area contributed by atoms with E-state index in [4.69, 9.17) is 0 Å². The lowest BCUT2D eigenvalue weighted by Crippen LogP contribution is -2.37. The first-order valence-corrected chi connectivity index (χ1v) is 9.82. The molecule has 2 atom stereocenters. The molecule has 0 heterocycles. The van der Waals surface area contributed by atoms with Crippen molar-refractivity contribution in [2.24, 2.45) is 5.92 Å². The molecule has 0 aliphatic heterocycles. The lowest BCUT2D eigenvalue weighted by atomic mass is 9.79. The molecule has 1 N–H and O–H groups in total. The number of benzene rings is 1. The Labute approximate surface area is 129 Å².